The molecule has 0 aliphatic heterocycles. The lowest BCUT2D eigenvalue weighted by Gasteiger charge is -2.51. The summed E-state index contributed by atoms with van der Waals surface area (Å²) >= 11 is 0. The SMILES string of the molecule is COCC(C)(C)C(C)(C)OC(C)C(C)(C)C(C)(C)OCC(C)(C)C(C)N. The standard InChI is InChI=1S/C22H47NO3/c1-16(23)18(3,4)14-25-22(11,12)20(7,8)17(2)26-21(9,10)19(5,6)15-24-13/h16-17H,14-15,23H2,1-13H3. The van der Waals surface area contributed by atoms with Gasteiger partial charge in [-0.05, 0) is 41.5 Å². The van der Waals surface area contributed by atoms with Gasteiger partial charge in [0.15, 0.2) is 0 Å². The summed E-state index contributed by atoms with van der Waals surface area (Å²) in [6, 6.07) is 0.0730. The molecule has 0 aliphatic carbocycles. The van der Waals surface area contributed by atoms with E-state index in [1.54, 1.807) is 7.11 Å². The smallest absolute Gasteiger partial charge is 0.0703 e. The Morgan fingerprint density at radius 2 is 1.23 bits per heavy atom. The summed E-state index contributed by atoms with van der Waals surface area (Å²) in [4.78, 5) is 0. The largest absolute Gasteiger partial charge is 0.384 e. The van der Waals surface area contributed by atoms with E-state index >= 15 is 0 Å². The Balaban J connectivity index is 5.28. The van der Waals surface area contributed by atoms with Crippen molar-refractivity contribution in [2.45, 2.75) is 106 Å². The highest BCUT2D eigenvalue weighted by Crippen LogP contribution is 2.43. The van der Waals surface area contributed by atoms with Crippen molar-refractivity contribution in [2.75, 3.05) is 20.3 Å². The Bertz CT molecular complexity index is 437. The fourth-order valence-electron chi connectivity index (χ4n) is 2.46. The first-order valence-electron chi connectivity index (χ1n) is 9.90. The van der Waals surface area contributed by atoms with Gasteiger partial charge in [0.05, 0.1) is 30.5 Å². The zero-order valence-electron chi connectivity index (χ0n) is 19.9. The number of nitrogens with two attached hydrogens (primary N) is 1. The second-order valence-electron chi connectivity index (χ2n) is 10.9. The minimum atomic E-state index is -0.361. The van der Waals surface area contributed by atoms with Gasteiger partial charge < -0.3 is 19.9 Å². The summed E-state index contributed by atoms with van der Waals surface area (Å²) in [7, 11) is 1.74. The molecular weight excluding hydrogens is 326 g/mol. The molecule has 0 aromatic heterocycles. The van der Waals surface area contributed by atoms with E-state index in [0.29, 0.717) is 13.2 Å². The Hall–Kier alpha value is -0.160. The van der Waals surface area contributed by atoms with Crippen molar-refractivity contribution in [1.82, 2.24) is 0 Å². The van der Waals surface area contributed by atoms with E-state index in [-0.39, 0.29) is 39.6 Å². The van der Waals surface area contributed by atoms with Crippen LogP contribution in [0.25, 0.3) is 0 Å². The third-order valence-corrected chi connectivity index (χ3v) is 7.21. The van der Waals surface area contributed by atoms with Gasteiger partial charge in [-0.15, -0.1) is 0 Å². The van der Waals surface area contributed by atoms with Crippen LogP contribution in [0, 0.1) is 16.2 Å². The van der Waals surface area contributed by atoms with E-state index in [0.717, 1.165) is 0 Å². The maximum Gasteiger partial charge on any atom is 0.0703 e. The number of rotatable bonds is 11. The first kappa shape index (κ1) is 25.8. The molecule has 0 spiro atoms. The van der Waals surface area contributed by atoms with E-state index in [2.05, 4.69) is 76.2 Å². The topological polar surface area (TPSA) is 53.7 Å². The third kappa shape index (κ3) is 5.92. The molecule has 26 heavy (non-hydrogen) atoms. The number of hydrogen-bond acceptors (Lipinski definition) is 4. The highest BCUT2D eigenvalue weighted by Gasteiger charge is 2.48. The molecule has 0 amide bonds. The Kier molecular flexibility index (Phi) is 8.41. The summed E-state index contributed by atoms with van der Waals surface area (Å²) in [5, 5.41) is 0. The molecule has 4 nitrogen and oxygen atoms in total. The maximum atomic E-state index is 6.60. The van der Waals surface area contributed by atoms with Crippen molar-refractivity contribution < 1.29 is 14.2 Å². The van der Waals surface area contributed by atoms with Gasteiger partial charge in [0.25, 0.3) is 0 Å². The van der Waals surface area contributed by atoms with Crippen LogP contribution in [0.2, 0.25) is 0 Å². The molecule has 0 rings (SSSR count). The van der Waals surface area contributed by atoms with Gasteiger partial charge in [-0.25, -0.2) is 0 Å². The van der Waals surface area contributed by atoms with Gasteiger partial charge in [-0.3, -0.25) is 0 Å². The lowest BCUT2D eigenvalue weighted by atomic mass is 9.71. The van der Waals surface area contributed by atoms with Crippen molar-refractivity contribution in [3.63, 3.8) is 0 Å². The summed E-state index contributed by atoms with van der Waals surface area (Å²) in [5.74, 6) is 0. The van der Waals surface area contributed by atoms with E-state index in [9.17, 15) is 0 Å². The van der Waals surface area contributed by atoms with E-state index < -0.39 is 0 Å². The monoisotopic (exact) mass is 373 g/mol. The van der Waals surface area contributed by atoms with Gasteiger partial charge in [-0.1, -0.05) is 41.5 Å². The number of methoxy groups -OCH3 is 1. The highest BCUT2D eigenvalue weighted by molar-refractivity contribution is 4.96. The van der Waals surface area contributed by atoms with Crippen LogP contribution in [0.5, 0.6) is 0 Å². The molecule has 4 heteroatoms. The Labute approximate surface area is 163 Å². The van der Waals surface area contributed by atoms with E-state index in [4.69, 9.17) is 19.9 Å². The molecule has 2 atom stereocenters. The molecule has 0 saturated carbocycles. The van der Waals surface area contributed by atoms with E-state index in [1.807, 2.05) is 6.92 Å². The second kappa shape index (κ2) is 8.46. The summed E-state index contributed by atoms with van der Waals surface area (Å²) in [6.07, 6.45) is 0.00189. The van der Waals surface area contributed by atoms with Crippen molar-refractivity contribution >= 4 is 0 Å². The zero-order valence-corrected chi connectivity index (χ0v) is 19.9. The van der Waals surface area contributed by atoms with Crippen LogP contribution in [-0.2, 0) is 14.2 Å². The zero-order chi connectivity index (χ0) is 21.2. The Morgan fingerprint density at radius 3 is 1.62 bits per heavy atom. The average molecular weight is 374 g/mol. The summed E-state index contributed by atoms with van der Waals surface area (Å²) < 4.78 is 18.4. The van der Waals surface area contributed by atoms with Gasteiger partial charge in [-0.2, -0.15) is 0 Å². The molecule has 0 bridgehead atoms. The minimum Gasteiger partial charge on any atom is -0.384 e. The van der Waals surface area contributed by atoms with Crippen molar-refractivity contribution in [2.24, 2.45) is 22.0 Å². The lowest BCUT2D eigenvalue weighted by molar-refractivity contribution is -0.219. The molecule has 2 unspecified atom stereocenters. The first-order chi connectivity index (χ1) is 11.3. The highest BCUT2D eigenvalue weighted by atomic mass is 16.5. The Morgan fingerprint density at radius 1 is 0.769 bits per heavy atom. The number of hydrogen-bond donors (Lipinski definition) is 1. The van der Waals surface area contributed by atoms with Crippen LogP contribution in [0.4, 0.5) is 0 Å². The average Bonchev–Trinajstić information content (AvgIpc) is 2.44. The summed E-state index contributed by atoms with van der Waals surface area (Å²) in [5.41, 5.74) is 5.05. The number of ether oxygens (including phenoxy) is 3. The quantitative estimate of drug-likeness (QED) is 0.551. The second-order valence-corrected chi connectivity index (χ2v) is 10.9. The fraction of sp³-hybridized carbons (Fsp3) is 1.00. The molecule has 0 aliphatic rings. The molecular formula is C22H47NO3. The van der Waals surface area contributed by atoms with Crippen LogP contribution < -0.4 is 5.73 Å². The first-order valence-corrected chi connectivity index (χ1v) is 9.90. The van der Waals surface area contributed by atoms with Gasteiger partial charge in [0, 0.05) is 29.4 Å². The van der Waals surface area contributed by atoms with Gasteiger partial charge >= 0.3 is 0 Å². The van der Waals surface area contributed by atoms with E-state index in [1.165, 1.54) is 0 Å². The summed E-state index contributed by atoms with van der Waals surface area (Å²) in [6.45, 7) is 27.1. The molecule has 2 N–H and O–H groups in total. The molecule has 0 saturated heterocycles. The third-order valence-electron chi connectivity index (χ3n) is 7.21. The molecule has 0 fully saturated rings. The van der Waals surface area contributed by atoms with Crippen LogP contribution in [0.3, 0.4) is 0 Å². The van der Waals surface area contributed by atoms with Crippen LogP contribution in [-0.4, -0.2) is 43.7 Å². The molecule has 0 heterocycles. The molecule has 0 radical (unpaired) electrons. The normalized spacial score (nSPS) is 17.3. The van der Waals surface area contributed by atoms with Crippen molar-refractivity contribution in [3.8, 4) is 0 Å². The molecule has 0 aromatic carbocycles. The van der Waals surface area contributed by atoms with Crippen molar-refractivity contribution in [3.05, 3.63) is 0 Å². The molecule has 158 valence electrons. The maximum absolute atomic E-state index is 6.60. The minimum absolute atomic E-state index is 0.00189. The van der Waals surface area contributed by atoms with Gasteiger partial charge in [0.1, 0.15) is 0 Å². The predicted molar refractivity (Wildman–Crippen MR) is 112 cm³/mol. The van der Waals surface area contributed by atoms with Crippen LogP contribution in [0.1, 0.15) is 83.1 Å². The van der Waals surface area contributed by atoms with Crippen LogP contribution >= 0.6 is 0 Å². The molecule has 0 aromatic rings. The fourth-order valence-corrected chi connectivity index (χ4v) is 2.46. The lowest BCUT2D eigenvalue weighted by Crippen LogP contribution is -2.55. The van der Waals surface area contributed by atoms with Crippen LogP contribution in [0.15, 0.2) is 0 Å². The van der Waals surface area contributed by atoms with Gasteiger partial charge in [0.2, 0.25) is 0 Å². The predicted octanol–water partition coefficient (Wildman–Crippen LogP) is 5.04. The van der Waals surface area contributed by atoms with Crippen molar-refractivity contribution in [1.29, 1.82) is 0 Å².